The fourth-order valence-electron chi connectivity index (χ4n) is 3.11. The molecule has 1 N–H and O–H groups in total. The van der Waals surface area contributed by atoms with Crippen LogP contribution in [0.1, 0.15) is 41.7 Å². The quantitative estimate of drug-likeness (QED) is 0.381. The molecule has 32 heavy (non-hydrogen) atoms. The second-order valence-electron chi connectivity index (χ2n) is 7.13. The van der Waals surface area contributed by atoms with Crippen molar-refractivity contribution >= 4 is 17.7 Å². The van der Waals surface area contributed by atoms with Crippen molar-refractivity contribution in [2.45, 2.75) is 43.5 Å². The summed E-state index contributed by atoms with van der Waals surface area (Å²) in [7, 11) is 0. The van der Waals surface area contributed by atoms with Crippen molar-refractivity contribution in [3.05, 3.63) is 65.0 Å². The molecular formula is C23H22F3NO4S. The molecule has 0 bridgehead atoms. The average Bonchev–Trinajstić information content (AvgIpc) is 3.17. The van der Waals surface area contributed by atoms with Gasteiger partial charge in [0.05, 0.1) is 16.5 Å². The molecule has 0 amide bonds. The maximum atomic E-state index is 12.8. The van der Waals surface area contributed by atoms with Gasteiger partial charge in [0.1, 0.15) is 11.5 Å². The van der Waals surface area contributed by atoms with E-state index in [9.17, 15) is 18.0 Å². The molecule has 0 fully saturated rings. The molecular weight excluding hydrogens is 443 g/mol. The molecule has 1 atom stereocenters. The minimum atomic E-state index is -4.40. The van der Waals surface area contributed by atoms with Crippen LogP contribution in [0.4, 0.5) is 13.2 Å². The number of alkyl halides is 3. The van der Waals surface area contributed by atoms with E-state index in [1.165, 1.54) is 23.9 Å². The number of aryl methyl sites for hydroxylation is 2. The van der Waals surface area contributed by atoms with E-state index >= 15 is 0 Å². The predicted molar refractivity (Wildman–Crippen MR) is 115 cm³/mol. The summed E-state index contributed by atoms with van der Waals surface area (Å²) in [5, 5.41) is 8.65. The summed E-state index contributed by atoms with van der Waals surface area (Å²) >= 11 is 1.53. The first kappa shape index (κ1) is 23.7. The lowest BCUT2D eigenvalue weighted by atomic mass is 10.1. The van der Waals surface area contributed by atoms with E-state index in [0.717, 1.165) is 28.3 Å². The van der Waals surface area contributed by atoms with Crippen molar-refractivity contribution in [3.63, 3.8) is 0 Å². The monoisotopic (exact) mass is 465 g/mol. The van der Waals surface area contributed by atoms with Gasteiger partial charge in [0.15, 0.2) is 6.61 Å². The Kier molecular flexibility index (Phi) is 7.18. The number of thioether (sulfide) groups is 1. The highest BCUT2D eigenvalue weighted by Gasteiger charge is 2.30. The van der Waals surface area contributed by atoms with Crippen LogP contribution in [0, 0.1) is 6.92 Å². The van der Waals surface area contributed by atoms with Gasteiger partial charge in [-0.3, -0.25) is 0 Å². The van der Waals surface area contributed by atoms with Crippen molar-refractivity contribution in [2.75, 3.05) is 6.61 Å². The van der Waals surface area contributed by atoms with E-state index in [1.807, 2.05) is 32.9 Å². The molecule has 0 saturated carbocycles. The SMILES string of the molecule is CCc1nc(-c2ccc(C(F)(F)F)cc2)oc1[C@H](C)Sc1ccc(OCC(=O)O)c(C)c1. The fraction of sp³-hybridized carbons (Fsp3) is 0.304. The van der Waals surface area contributed by atoms with Gasteiger partial charge in [0, 0.05) is 10.5 Å². The number of hydrogen-bond donors (Lipinski definition) is 1. The predicted octanol–water partition coefficient (Wildman–Crippen LogP) is 6.55. The number of ether oxygens (including phenoxy) is 1. The van der Waals surface area contributed by atoms with Gasteiger partial charge >= 0.3 is 12.1 Å². The Hall–Kier alpha value is -2.94. The third-order valence-corrected chi connectivity index (χ3v) is 5.79. The lowest BCUT2D eigenvalue weighted by molar-refractivity contribution is -0.139. The molecule has 0 aliphatic rings. The number of hydrogen-bond acceptors (Lipinski definition) is 5. The van der Waals surface area contributed by atoms with Crippen molar-refractivity contribution in [1.82, 2.24) is 4.98 Å². The van der Waals surface area contributed by atoms with Crippen LogP contribution in [0.15, 0.2) is 51.8 Å². The summed E-state index contributed by atoms with van der Waals surface area (Å²) in [6.07, 6.45) is -3.78. The number of carbonyl (C=O) groups is 1. The van der Waals surface area contributed by atoms with Gasteiger partial charge in [-0.05, 0) is 68.3 Å². The number of halogens is 3. The highest BCUT2D eigenvalue weighted by atomic mass is 32.2. The number of aliphatic carboxylic acids is 1. The molecule has 3 aromatic rings. The molecule has 2 aromatic carbocycles. The van der Waals surface area contributed by atoms with Gasteiger partial charge in [0.25, 0.3) is 0 Å². The third-order valence-electron chi connectivity index (χ3n) is 4.70. The molecule has 0 aliphatic heterocycles. The standard InChI is InChI=1S/C23H22F3NO4S/c1-4-18-21(31-22(27-18)15-5-7-16(8-6-15)23(24,25)26)14(3)32-17-9-10-19(13(2)11-17)30-12-20(28)29/h5-11,14H,4,12H2,1-3H3,(H,28,29)/t14-/m0/s1. The highest BCUT2D eigenvalue weighted by molar-refractivity contribution is 7.99. The summed E-state index contributed by atoms with van der Waals surface area (Å²) in [6, 6.07) is 10.2. The van der Waals surface area contributed by atoms with Crippen LogP contribution in [0.25, 0.3) is 11.5 Å². The molecule has 3 rings (SSSR count). The van der Waals surface area contributed by atoms with E-state index in [1.54, 1.807) is 6.07 Å². The molecule has 0 aliphatic carbocycles. The van der Waals surface area contributed by atoms with Gasteiger partial charge in [-0.15, -0.1) is 11.8 Å². The number of benzene rings is 2. The molecule has 0 unspecified atom stereocenters. The minimum Gasteiger partial charge on any atom is -0.482 e. The van der Waals surface area contributed by atoms with E-state index in [-0.39, 0.29) is 11.1 Å². The highest BCUT2D eigenvalue weighted by Crippen LogP contribution is 2.40. The van der Waals surface area contributed by atoms with Crippen LogP contribution in [0.5, 0.6) is 5.75 Å². The lowest BCUT2D eigenvalue weighted by Gasteiger charge is -2.12. The van der Waals surface area contributed by atoms with Crippen molar-refractivity contribution in [3.8, 4) is 17.2 Å². The van der Waals surface area contributed by atoms with Crippen molar-refractivity contribution in [2.24, 2.45) is 0 Å². The third kappa shape index (κ3) is 5.64. The zero-order valence-electron chi connectivity index (χ0n) is 17.7. The van der Waals surface area contributed by atoms with Crippen LogP contribution < -0.4 is 4.74 Å². The van der Waals surface area contributed by atoms with Crippen molar-refractivity contribution < 1.29 is 32.2 Å². The topological polar surface area (TPSA) is 72.6 Å². The second-order valence-corrected chi connectivity index (χ2v) is 8.54. The number of carboxylic acids is 1. The number of aromatic nitrogens is 1. The largest absolute Gasteiger partial charge is 0.482 e. The smallest absolute Gasteiger partial charge is 0.416 e. The molecule has 1 heterocycles. The van der Waals surface area contributed by atoms with Gasteiger partial charge in [0.2, 0.25) is 5.89 Å². The van der Waals surface area contributed by atoms with Gasteiger partial charge in [-0.2, -0.15) is 13.2 Å². The minimum absolute atomic E-state index is 0.106. The maximum Gasteiger partial charge on any atom is 0.416 e. The Morgan fingerprint density at radius 2 is 1.91 bits per heavy atom. The molecule has 1 aromatic heterocycles. The van der Waals surface area contributed by atoms with Crippen LogP contribution in [0.2, 0.25) is 0 Å². The average molecular weight is 465 g/mol. The van der Waals surface area contributed by atoms with E-state index in [0.29, 0.717) is 23.5 Å². The Bertz CT molecular complexity index is 1090. The summed E-state index contributed by atoms with van der Waals surface area (Å²) in [6.45, 7) is 5.33. The Balaban J connectivity index is 1.78. The molecule has 5 nitrogen and oxygen atoms in total. The molecule has 9 heteroatoms. The van der Waals surface area contributed by atoms with Gasteiger partial charge in [-0.25, -0.2) is 9.78 Å². The van der Waals surface area contributed by atoms with E-state index < -0.39 is 24.3 Å². The zero-order chi connectivity index (χ0) is 23.5. The first-order valence-corrected chi connectivity index (χ1v) is 10.8. The first-order valence-electron chi connectivity index (χ1n) is 9.87. The van der Waals surface area contributed by atoms with Crippen LogP contribution in [0.3, 0.4) is 0 Å². The summed E-state index contributed by atoms with van der Waals surface area (Å²) in [5.41, 5.74) is 1.31. The first-order chi connectivity index (χ1) is 15.1. The second kappa shape index (κ2) is 9.68. The Morgan fingerprint density at radius 1 is 1.22 bits per heavy atom. The van der Waals surface area contributed by atoms with Crippen LogP contribution in [-0.4, -0.2) is 22.7 Å². The number of rotatable bonds is 8. The van der Waals surface area contributed by atoms with Crippen molar-refractivity contribution in [1.29, 1.82) is 0 Å². The number of carboxylic acid groups (broad SMARTS) is 1. The Labute approximate surface area is 187 Å². The summed E-state index contributed by atoms with van der Waals surface area (Å²) in [5.74, 6) is 0.406. The summed E-state index contributed by atoms with van der Waals surface area (Å²) < 4.78 is 49.7. The number of oxazole rings is 1. The van der Waals surface area contributed by atoms with E-state index in [2.05, 4.69) is 4.98 Å². The van der Waals surface area contributed by atoms with Crippen LogP contribution in [-0.2, 0) is 17.4 Å². The fourth-order valence-corrected chi connectivity index (χ4v) is 4.20. The zero-order valence-corrected chi connectivity index (χ0v) is 18.5. The normalized spacial score (nSPS) is 12.6. The molecule has 0 radical (unpaired) electrons. The van der Waals surface area contributed by atoms with Crippen LogP contribution >= 0.6 is 11.8 Å². The molecule has 0 saturated heterocycles. The van der Waals surface area contributed by atoms with Gasteiger partial charge in [-0.1, -0.05) is 6.92 Å². The van der Waals surface area contributed by atoms with E-state index in [4.69, 9.17) is 14.3 Å². The molecule has 0 spiro atoms. The maximum absolute atomic E-state index is 12.8. The lowest BCUT2D eigenvalue weighted by Crippen LogP contribution is -2.10. The Morgan fingerprint density at radius 3 is 2.47 bits per heavy atom. The summed E-state index contributed by atoms with van der Waals surface area (Å²) in [4.78, 5) is 16.1. The molecule has 170 valence electrons. The van der Waals surface area contributed by atoms with Gasteiger partial charge < -0.3 is 14.3 Å². The number of nitrogens with zero attached hydrogens (tertiary/aromatic N) is 1.